The van der Waals surface area contributed by atoms with E-state index in [1.165, 1.54) is 55.6 Å². The minimum absolute atomic E-state index is 0.164. The minimum atomic E-state index is 0.164. The third kappa shape index (κ3) is 4.47. The number of nitrogens with zero attached hydrogens (tertiary/aromatic N) is 1. The highest BCUT2D eigenvalue weighted by molar-refractivity contribution is 5.50. The standard InChI is InChI=1S/C28H31NO2/c30-24-14-15-27-25(19-24)28(26(20-31-27)22-8-2-1-3-9-22)23-12-10-21(11-13-23)7-6-18-29-16-4-5-17-29/h1-3,8-15,19,26,28,30H,4-7,16-18,20H2/t26-,28?/m1/s1. The first-order valence-electron chi connectivity index (χ1n) is 11.6. The van der Waals surface area contributed by atoms with Crippen LogP contribution in [0.25, 0.3) is 0 Å². The molecule has 2 aliphatic rings. The normalized spacial score (nSPS) is 20.9. The highest BCUT2D eigenvalue weighted by Crippen LogP contribution is 2.46. The minimum Gasteiger partial charge on any atom is -0.508 e. The van der Waals surface area contributed by atoms with Crippen molar-refractivity contribution in [2.24, 2.45) is 0 Å². The molecule has 2 aliphatic heterocycles. The molecule has 3 nitrogen and oxygen atoms in total. The molecule has 3 aromatic carbocycles. The number of benzene rings is 3. The molecule has 0 spiro atoms. The quantitative estimate of drug-likeness (QED) is 0.560. The molecule has 2 heterocycles. The first-order chi connectivity index (χ1) is 15.3. The summed E-state index contributed by atoms with van der Waals surface area (Å²) < 4.78 is 6.11. The molecular weight excluding hydrogens is 382 g/mol. The summed E-state index contributed by atoms with van der Waals surface area (Å²) >= 11 is 0. The van der Waals surface area contributed by atoms with Crippen LogP contribution in [0.15, 0.2) is 72.8 Å². The van der Waals surface area contributed by atoms with E-state index in [2.05, 4.69) is 59.5 Å². The third-order valence-electron chi connectivity index (χ3n) is 6.85. The third-order valence-corrected chi connectivity index (χ3v) is 6.85. The zero-order chi connectivity index (χ0) is 21.0. The van der Waals surface area contributed by atoms with Crippen LogP contribution in [0.1, 0.15) is 53.4 Å². The second kappa shape index (κ2) is 9.15. The number of ether oxygens (including phenoxy) is 1. The lowest BCUT2D eigenvalue weighted by atomic mass is 9.75. The van der Waals surface area contributed by atoms with Crippen LogP contribution in [0, 0.1) is 0 Å². The zero-order valence-corrected chi connectivity index (χ0v) is 18.0. The average molecular weight is 414 g/mol. The van der Waals surface area contributed by atoms with Gasteiger partial charge in [0.25, 0.3) is 0 Å². The van der Waals surface area contributed by atoms with Crippen molar-refractivity contribution in [2.45, 2.75) is 37.5 Å². The van der Waals surface area contributed by atoms with Gasteiger partial charge < -0.3 is 14.7 Å². The molecule has 2 atom stereocenters. The summed E-state index contributed by atoms with van der Waals surface area (Å²) in [5.41, 5.74) is 5.03. The van der Waals surface area contributed by atoms with E-state index in [9.17, 15) is 5.11 Å². The van der Waals surface area contributed by atoms with Crippen molar-refractivity contribution in [1.82, 2.24) is 4.90 Å². The molecule has 1 saturated heterocycles. The van der Waals surface area contributed by atoms with Gasteiger partial charge >= 0.3 is 0 Å². The summed E-state index contributed by atoms with van der Waals surface area (Å²) in [4.78, 5) is 2.59. The van der Waals surface area contributed by atoms with Crippen LogP contribution in [0.2, 0.25) is 0 Å². The lowest BCUT2D eigenvalue weighted by Crippen LogP contribution is -2.25. The lowest BCUT2D eigenvalue weighted by molar-refractivity contribution is 0.248. The van der Waals surface area contributed by atoms with Crippen molar-refractivity contribution in [3.05, 3.63) is 95.1 Å². The average Bonchev–Trinajstić information content (AvgIpc) is 3.33. The van der Waals surface area contributed by atoms with Crippen molar-refractivity contribution in [3.63, 3.8) is 0 Å². The highest BCUT2D eigenvalue weighted by Gasteiger charge is 2.33. The Morgan fingerprint density at radius 3 is 2.42 bits per heavy atom. The molecule has 31 heavy (non-hydrogen) atoms. The highest BCUT2D eigenvalue weighted by atomic mass is 16.5. The van der Waals surface area contributed by atoms with Gasteiger partial charge in [-0.15, -0.1) is 0 Å². The van der Waals surface area contributed by atoms with Crippen molar-refractivity contribution in [2.75, 3.05) is 26.2 Å². The molecule has 160 valence electrons. The Hall–Kier alpha value is -2.78. The SMILES string of the molecule is Oc1ccc2c(c1)C(c1ccc(CCCN3CCCC3)cc1)[C@@H](c1ccccc1)CO2. The van der Waals surface area contributed by atoms with Gasteiger partial charge in [-0.3, -0.25) is 0 Å². The Labute approximate surface area is 185 Å². The van der Waals surface area contributed by atoms with Crippen LogP contribution in [0.4, 0.5) is 0 Å². The Morgan fingerprint density at radius 1 is 0.871 bits per heavy atom. The lowest BCUT2D eigenvalue weighted by Gasteiger charge is -2.34. The summed E-state index contributed by atoms with van der Waals surface area (Å²) in [5.74, 6) is 1.55. The van der Waals surface area contributed by atoms with Gasteiger partial charge in [0.15, 0.2) is 0 Å². The van der Waals surface area contributed by atoms with Crippen molar-refractivity contribution in [1.29, 1.82) is 0 Å². The second-order valence-electron chi connectivity index (χ2n) is 8.92. The Balaban J connectivity index is 1.39. The number of phenols is 1. The first-order valence-corrected chi connectivity index (χ1v) is 11.6. The number of aryl methyl sites for hydroxylation is 1. The number of fused-ring (bicyclic) bond motifs is 1. The number of rotatable bonds is 6. The number of phenolic OH excluding ortho intramolecular Hbond substituents is 1. The molecule has 0 saturated carbocycles. The van der Waals surface area contributed by atoms with E-state index in [0.717, 1.165) is 17.7 Å². The van der Waals surface area contributed by atoms with Crippen LogP contribution in [0.5, 0.6) is 11.5 Å². The summed E-state index contributed by atoms with van der Waals surface area (Å²) in [6.07, 6.45) is 5.07. The first kappa shape index (κ1) is 20.1. The van der Waals surface area contributed by atoms with Gasteiger partial charge in [0, 0.05) is 17.4 Å². The van der Waals surface area contributed by atoms with Crippen molar-refractivity contribution in [3.8, 4) is 11.5 Å². The van der Waals surface area contributed by atoms with Crippen LogP contribution in [-0.4, -0.2) is 36.2 Å². The van der Waals surface area contributed by atoms with E-state index >= 15 is 0 Å². The van der Waals surface area contributed by atoms with E-state index < -0.39 is 0 Å². The number of aromatic hydroxyl groups is 1. The summed E-state index contributed by atoms with van der Waals surface area (Å²) in [6, 6.07) is 25.2. The maximum Gasteiger partial charge on any atom is 0.123 e. The van der Waals surface area contributed by atoms with Crippen LogP contribution >= 0.6 is 0 Å². The molecule has 3 heteroatoms. The predicted molar refractivity (Wildman–Crippen MR) is 125 cm³/mol. The maximum absolute atomic E-state index is 10.2. The number of hydrogen-bond donors (Lipinski definition) is 1. The molecule has 0 amide bonds. The molecule has 1 unspecified atom stereocenters. The molecule has 1 fully saturated rings. The fourth-order valence-electron chi connectivity index (χ4n) is 5.21. The van der Waals surface area contributed by atoms with Gasteiger partial charge in [-0.2, -0.15) is 0 Å². The molecule has 1 N–H and O–H groups in total. The van der Waals surface area contributed by atoms with Crippen molar-refractivity contribution >= 4 is 0 Å². The fourth-order valence-corrected chi connectivity index (χ4v) is 5.21. The van der Waals surface area contributed by atoms with Gasteiger partial charge in [-0.25, -0.2) is 0 Å². The van der Waals surface area contributed by atoms with Gasteiger partial charge in [0.2, 0.25) is 0 Å². The largest absolute Gasteiger partial charge is 0.508 e. The van der Waals surface area contributed by atoms with E-state index in [1.807, 2.05) is 12.1 Å². The second-order valence-corrected chi connectivity index (χ2v) is 8.92. The Morgan fingerprint density at radius 2 is 1.65 bits per heavy atom. The van der Waals surface area contributed by atoms with E-state index in [4.69, 9.17) is 4.74 Å². The summed E-state index contributed by atoms with van der Waals surface area (Å²) in [5, 5.41) is 10.2. The van der Waals surface area contributed by atoms with E-state index in [1.54, 1.807) is 6.07 Å². The fraction of sp³-hybridized carbons (Fsp3) is 0.357. The van der Waals surface area contributed by atoms with Gasteiger partial charge in [0.1, 0.15) is 11.5 Å². The maximum atomic E-state index is 10.2. The zero-order valence-electron chi connectivity index (χ0n) is 18.0. The topological polar surface area (TPSA) is 32.7 Å². The monoisotopic (exact) mass is 413 g/mol. The van der Waals surface area contributed by atoms with Gasteiger partial charge in [-0.1, -0.05) is 54.6 Å². The molecular formula is C28H31NO2. The Bertz CT molecular complexity index is 993. The summed E-state index contributed by atoms with van der Waals surface area (Å²) in [6.45, 7) is 4.40. The number of hydrogen-bond acceptors (Lipinski definition) is 3. The molecule has 0 bridgehead atoms. The number of likely N-dealkylation sites (tertiary alicyclic amines) is 1. The van der Waals surface area contributed by atoms with E-state index in [0.29, 0.717) is 12.4 Å². The molecule has 5 rings (SSSR count). The van der Waals surface area contributed by atoms with E-state index in [-0.39, 0.29) is 11.8 Å². The molecule has 3 aromatic rings. The smallest absolute Gasteiger partial charge is 0.123 e. The van der Waals surface area contributed by atoms with Crippen LogP contribution in [0.3, 0.4) is 0 Å². The van der Waals surface area contributed by atoms with Crippen LogP contribution < -0.4 is 4.74 Å². The Kier molecular flexibility index (Phi) is 5.95. The summed E-state index contributed by atoms with van der Waals surface area (Å²) in [7, 11) is 0. The van der Waals surface area contributed by atoms with Crippen LogP contribution in [-0.2, 0) is 6.42 Å². The van der Waals surface area contributed by atoms with Gasteiger partial charge in [0.05, 0.1) is 6.61 Å². The van der Waals surface area contributed by atoms with Gasteiger partial charge in [-0.05, 0) is 80.2 Å². The predicted octanol–water partition coefficient (Wildman–Crippen LogP) is 5.73. The van der Waals surface area contributed by atoms with Crippen molar-refractivity contribution < 1.29 is 9.84 Å². The molecule has 0 aliphatic carbocycles. The molecule has 0 aromatic heterocycles. The molecule has 0 radical (unpaired) electrons.